The van der Waals surface area contributed by atoms with E-state index in [1.807, 2.05) is 19.2 Å². The van der Waals surface area contributed by atoms with E-state index in [4.69, 9.17) is 9.84 Å². The van der Waals surface area contributed by atoms with E-state index >= 15 is 0 Å². The Hall–Kier alpha value is -2.04. The lowest BCUT2D eigenvalue weighted by Crippen LogP contribution is -2.08. The highest BCUT2D eigenvalue weighted by atomic mass is 16.5. The van der Waals surface area contributed by atoms with Gasteiger partial charge in [-0.25, -0.2) is 0 Å². The van der Waals surface area contributed by atoms with Crippen LogP contribution in [0, 0.1) is 0 Å². The number of fused-ring (bicyclic) bond motifs is 1. The summed E-state index contributed by atoms with van der Waals surface area (Å²) in [5.41, 5.74) is 1.75. The number of aliphatic carboxylic acids is 1. The van der Waals surface area contributed by atoms with Gasteiger partial charge in [-0.2, -0.15) is 4.98 Å². The molecule has 0 amide bonds. The van der Waals surface area contributed by atoms with Crippen LogP contribution >= 0.6 is 0 Å². The highest BCUT2D eigenvalue weighted by Gasteiger charge is 2.11. The maximum absolute atomic E-state index is 10.8. The quantitative estimate of drug-likeness (QED) is 0.874. The van der Waals surface area contributed by atoms with Crippen molar-refractivity contribution >= 4 is 17.0 Å². The zero-order valence-electron chi connectivity index (χ0n) is 9.80. The number of carbonyl (C=O) groups is 1. The smallest absolute Gasteiger partial charge is 0.323 e. The lowest BCUT2D eigenvalue weighted by molar-refractivity contribution is -0.137. The zero-order valence-corrected chi connectivity index (χ0v) is 9.80. The summed E-state index contributed by atoms with van der Waals surface area (Å²) in [4.78, 5) is 15.1. The molecule has 0 aromatic carbocycles. The van der Waals surface area contributed by atoms with E-state index in [0.717, 1.165) is 17.4 Å². The summed E-state index contributed by atoms with van der Waals surface area (Å²) in [7, 11) is 1.54. The molecule has 90 valence electrons. The molecule has 0 atom stereocenters. The molecule has 0 aliphatic heterocycles. The van der Waals surface area contributed by atoms with Crippen LogP contribution < -0.4 is 4.74 Å². The van der Waals surface area contributed by atoms with Crippen molar-refractivity contribution in [2.24, 2.45) is 0 Å². The van der Waals surface area contributed by atoms with E-state index in [-0.39, 0.29) is 6.54 Å². The molecule has 0 saturated carbocycles. The van der Waals surface area contributed by atoms with Crippen LogP contribution in [0.25, 0.3) is 11.0 Å². The van der Waals surface area contributed by atoms with Crippen molar-refractivity contribution in [3.05, 3.63) is 23.9 Å². The van der Waals surface area contributed by atoms with Gasteiger partial charge >= 0.3 is 5.97 Å². The van der Waals surface area contributed by atoms with Gasteiger partial charge in [-0.1, -0.05) is 6.92 Å². The zero-order chi connectivity index (χ0) is 12.4. The molecular formula is C12H14N2O3. The predicted octanol–water partition coefficient (Wildman–Crippen LogP) is 1.69. The Morgan fingerprint density at radius 3 is 2.88 bits per heavy atom. The normalized spacial score (nSPS) is 10.7. The lowest BCUT2D eigenvalue weighted by Gasteiger charge is -2.02. The number of aryl methyl sites for hydroxylation is 1. The molecule has 0 unspecified atom stereocenters. The van der Waals surface area contributed by atoms with E-state index in [1.54, 1.807) is 17.7 Å². The number of carboxylic acids is 1. The van der Waals surface area contributed by atoms with Gasteiger partial charge in [0.2, 0.25) is 5.88 Å². The van der Waals surface area contributed by atoms with Crippen LogP contribution in [0.4, 0.5) is 0 Å². The summed E-state index contributed by atoms with van der Waals surface area (Å²) >= 11 is 0. The van der Waals surface area contributed by atoms with E-state index in [1.165, 1.54) is 0 Å². The van der Waals surface area contributed by atoms with Gasteiger partial charge in [-0.3, -0.25) is 4.79 Å². The Morgan fingerprint density at radius 2 is 2.29 bits per heavy atom. The number of carboxylic acid groups (broad SMARTS) is 1. The summed E-state index contributed by atoms with van der Waals surface area (Å²) in [6.07, 6.45) is 2.68. The van der Waals surface area contributed by atoms with E-state index in [9.17, 15) is 4.79 Å². The average molecular weight is 234 g/mol. The standard InChI is InChI=1S/C12H14N2O3/c1-3-8-6-14(7-11(15)16)12-9(8)4-5-10(13-12)17-2/h4-6H,3,7H2,1-2H3,(H,15,16). The van der Waals surface area contributed by atoms with Crippen molar-refractivity contribution in [1.29, 1.82) is 0 Å². The van der Waals surface area contributed by atoms with Crippen molar-refractivity contribution in [2.45, 2.75) is 19.9 Å². The number of ether oxygens (including phenoxy) is 1. The first-order chi connectivity index (χ1) is 8.15. The lowest BCUT2D eigenvalue weighted by atomic mass is 10.2. The van der Waals surface area contributed by atoms with Gasteiger partial charge in [0, 0.05) is 17.6 Å². The minimum Gasteiger partial charge on any atom is -0.481 e. The monoisotopic (exact) mass is 234 g/mol. The van der Waals surface area contributed by atoms with Crippen LogP contribution in [0.2, 0.25) is 0 Å². The van der Waals surface area contributed by atoms with Crippen molar-refractivity contribution < 1.29 is 14.6 Å². The first kappa shape index (κ1) is 11.4. The van der Waals surface area contributed by atoms with Gasteiger partial charge in [0.05, 0.1) is 7.11 Å². The molecule has 0 fully saturated rings. The molecule has 2 heterocycles. The fourth-order valence-corrected chi connectivity index (χ4v) is 1.88. The molecule has 0 aliphatic carbocycles. The molecule has 0 aliphatic rings. The summed E-state index contributed by atoms with van der Waals surface area (Å²) in [5.74, 6) is -0.390. The maximum Gasteiger partial charge on any atom is 0.323 e. The predicted molar refractivity (Wildman–Crippen MR) is 63.3 cm³/mol. The summed E-state index contributed by atoms with van der Waals surface area (Å²) in [5, 5.41) is 9.84. The molecule has 2 rings (SSSR count). The van der Waals surface area contributed by atoms with Crippen LogP contribution in [-0.4, -0.2) is 27.7 Å². The minimum atomic E-state index is -0.880. The van der Waals surface area contributed by atoms with Gasteiger partial charge in [0.15, 0.2) is 0 Å². The van der Waals surface area contributed by atoms with Crippen molar-refractivity contribution in [1.82, 2.24) is 9.55 Å². The van der Waals surface area contributed by atoms with Gasteiger partial charge in [0.25, 0.3) is 0 Å². The maximum atomic E-state index is 10.8. The fourth-order valence-electron chi connectivity index (χ4n) is 1.88. The Morgan fingerprint density at radius 1 is 1.53 bits per heavy atom. The molecule has 17 heavy (non-hydrogen) atoms. The highest BCUT2D eigenvalue weighted by molar-refractivity contribution is 5.82. The Balaban J connectivity index is 2.61. The number of nitrogens with zero attached hydrogens (tertiary/aromatic N) is 2. The van der Waals surface area contributed by atoms with Crippen LogP contribution in [-0.2, 0) is 17.8 Å². The number of hydrogen-bond acceptors (Lipinski definition) is 3. The Kier molecular flexibility index (Phi) is 2.99. The number of aromatic nitrogens is 2. The average Bonchev–Trinajstić information content (AvgIpc) is 2.66. The number of rotatable bonds is 4. The minimum absolute atomic E-state index is 0.0866. The molecule has 2 aromatic rings. The van der Waals surface area contributed by atoms with Crippen molar-refractivity contribution in [3.8, 4) is 5.88 Å². The molecule has 0 radical (unpaired) electrons. The van der Waals surface area contributed by atoms with Gasteiger partial charge in [0.1, 0.15) is 12.2 Å². The Labute approximate surface area is 98.6 Å². The Bertz CT molecular complexity index is 560. The van der Waals surface area contributed by atoms with Crippen LogP contribution in [0.5, 0.6) is 5.88 Å². The second-order valence-corrected chi connectivity index (χ2v) is 3.75. The van der Waals surface area contributed by atoms with Crippen molar-refractivity contribution in [2.75, 3.05) is 7.11 Å². The van der Waals surface area contributed by atoms with E-state index in [2.05, 4.69) is 4.98 Å². The molecular weight excluding hydrogens is 220 g/mol. The topological polar surface area (TPSA) is 64.4 Å². The summed E-state index contributed by atoms with van der Waals surface area (Å²) in [6, 6.07) is 3.70. The molecule has 0 spiro atoms. The second kappa shape index (κ2) is 4.45. The largest absolute Gasteiger partial charge is 0.481 e. The van der Waals surface area contributed by atoms with Gasteiger partial charge in [-0.15, -0.1) is 0 Å². The first-order valence-corrected chi connectivity index (χ1v) is 5.40. The van der Waals surface area contributed by atoms with E-state index in [0.29, 0.717) is 11.5 Å². The van der Waals surface area contributed by atoms with Crippen LogP contribution in [0.1, 0.15) is 12.5 Å². The highest BCUT2D eigenvalue weighted by Crippen LogP contribution is 2.23. The second-order valence-electron chi connectivity index (χ2n) is 3.75. The molecule has 2 aromatic heterocycles. The molecule has 0 bridgehead atoms. The first-order valence-electron chi connectivity index (χ1n) is 5.40. The summed E-state index contributed by atoms with van der Waals surface area (Å²) in [6.45, 7) is 1.95. The van der Waals surface area contributed by atoms with Crippen LogP contribution in [0.3, 0.4) is 0 Å². The SMILES string of the molecule is CCc1cn(CC(=O)O)c2nc(OC)ccc12. The number of methoxy groups -OCH3 is 1. The molecule has 5 heteroatoms. The van der Waals surface area contributed by atoms with Gasteiger partial charge in [-0.05, 0) is 18.1 Å². The van der Waals surface area contributed by atoms with Crippen molar-refractivity contribution in [3.63, 3.8) is 0 Å². The molecule has 0 saturated heterocycles. The van der Waals surface area contributed by atoms with Crippen LogP contribution in [0.15, 0.2) is 18.3 Å². The molecule has 1 N–H and O–H groups in total. The van der Waals surface area contributed by atoms with E-state index < -0.39 is 5.97 Å². The van der Waals surface area contributed by atoms with Gasteiger partial charge < -0.3 is 14.4 Å². The molecule has 5 nitrogen and oxygen atoms in total. The summed E-state index contributed by atoms with van der Waals surface area (Å²) < 4.78 is 6.69. The third kappa shape index (κ3) is 2.08. The number of hydrogen-bond donors (Lipinski definition) is 1. The third-order valence-corrected chi connectivity index (χ3v) is 2.67. The number of pyridine rings is 1. The fraction of sp³-hybridized carbons (Fsp3) is 0.333. The third-order valence-electron chi connectivity index (χ3n) is 2.67.